The van der Waals surface area contributed by atoms with Crippen LogP contribution in [-0.4, -0.2) is 45.9 Å². The summed E-state index contributed by atoms with van der Waals surface area (Å²) in [6, 6.07) is 19.3. The van der Waals surface area contributed by atoms with Gasteiger partial charge >= 0.3 is 5.97 Å². The number of anilines is 2. The average Bonchev–Trinajstić information content (AvgIpc) is 3.49. The highest BCUT2D eigenvalue weighted by Gasteiger charge is 2.35. The summed E-state index contributed by atoms with van der Waals surface area (Å²) in [5.41, 5.74) is 7.47. The number of hydrogen-bond donors (Lipinski definition) is 2. The quantitative estimate of drug-likeness (QED) is 0.492. The molecule has 1 aliphatic heterocycles. The first kappa shape index (κ1) is 24.6. The summed E-state index contributed by atoms with van der Waals surface area (Å²) < 4.78 is 6.84. The van der Waals surface area contributed by atoms with Crippen molar-refractivity contribution in [3.05, 3.63) is 72.4 Å². The summed E-state index contributed by atoms with van der Waals surface area (Å²) >= 11 is 0. The molecule has 0 bridgehead atoms. The number of ether oxygens (including phenoxy) is 1. The minimum absolute atomic E-state index is 0.0135. The van der Waals surface area contributed by atoms with Gasteiger partial charge in [-0.05, 0) is 24.3 Å². The van der Waals surface area contributed by atoms with E-state index in [-0.39, 0.29) is 17.5 Å². The molecule has 1 aromatic heterocycles. The van der Waals surface area contributed by atoms with Crippen molar-refractivity contribution in [2.45, 2.75) is 38.6 Å². The largest absolute Gasteiger partial charge is 0.451 e. The normalized spacial score (nSPS) is 15.4. The topological polar surface area (TPSA) is 132 Å². The van der Waals surface area contributed by atoms with Gasteiger partial charge < -0.3 is 15.8 Å². The third-order valence-corrected chi connectivity index (χ3v) is 5.58. The maximum Gasteiger partial charge on any atom is 0.355 e. The van der Waals surface area contributed by atoms with Crippen LogP contribution in [0.3, 0.4) is 0 Å². The van der Waals surface area contributed by atoms with Gasteiger partial charge in [0.25, 0.3) is 5.91 Å². The molecule has 3 N–H and O–H groups in total. The Morgan fingerprint density at radius 2 is 1.64 bits per heavy atom. The van der Waals surface area contributed by atoms with Crippen molar-refractivity contribution in [2.75, 3.05) is 16.9 Å². The molecule has 10 nitrogen and oxygen atoms in total. The summed E-state index contributed by atoms with van der Waals surface area (Å²) in [5.74, 6) is -1.49. The first-order valence-electron chi connectivity index (χ1n) is 11.5. The van der Waals surface area contributed by atoms with Crippen LogP contribution >= 0.6 is 0 Å². The standard InChI is InChI=1S/C26H28N6O4/c1-26(2,3)21-15-22(32(30-21)18-12-8-5-9-13-18)28-23(33)16-36-25(35)19-14-20(24(27)34)31(29-19)17-10-6-4-7-11-17/h4-13,15,20H,14,16H2,1-3H3,(H2,27,34)(H,28,33). The number of nitrogens with one attached hydrogen (secondary N) is 1. The summed E-state index contributed by atoms with van der Waals surface area (Å²) in [7, 11) is 0. The van der Waals surface area contributed by atoms with Crippen LogP contribution in [0.1, 0.15) is 32.9 Å². The van der Waals surface area contributed by atoms with Gasteiger partial charge in [0.1, 0.15) is 17.6 Å². The number of nitrogens with two attached hydrogens (primary N) is 1. The molecule has 2 aromatic carbocycles. The van der Waals surface area contributed by atoms with E-state index >= 15 is 0 Å². The highest BCUT2D eigenvalue weighted by Crippen LogP contribution is 2.27. The van der Waals surface area contributed by atoms with Gasteiger partial charge in [-0.15, -0.1) is 0 Å². The number of hydrazone groups is 1. The summed E-state index contributed by atoms with van der Waals surface area (Å²) in [6.45, 7) is 5.55. The fourth-order valence-corrected chi connectivity index (χ4v) is 3.67. The first-order chi connectivity index (χ1) is 17.1. The molecule has 186 valence electrons. The molecular formula is C26H28N6O4. The molecule has 0 spiro atoms. The zero-order valence-electron chi connectivity index (χ0n) is 20.3. The van der Waals surface area contributed by atoms with Crippen molar-refractivity contribution in [1.82, 2.24) is 9.78 Å². The predicted molar refractivity (Wildman–Crippen MR) is 136 cm³/mol. The average molecular weight is 489 g/mol. The van der Waals surface area contributed by atoms with Crippen LogP contribution < -0.4 is 16.1 Å². The molecule has 0 saturated heterocycles. The molecule has 3 aromatic rings. The molecule has 0 radical (unpaired) electrons. The molecule has 2 heterocycles. The van der Waals surface area contributed by atoms with Crippen LogP contribution in [-0.2, 0) is 24.5 Å². The van der Waals surface area contributed by atoms with Gasteiger partial charge in [-0.3, -0.25) is 14.6 Å². The van der Waals surface area contributed by atoms with Gasteiger partial charge in [0.15, 0.2) is 6.61 Å². The Balaban J connectivity index is 1.45. The van der Waals surface area contributed by atoms with Gasteiger partial charge in [-0.1, -0.05) is 57.2 Å². The van der Waals surface area contributed by atoms with Crippen LogP contribution in [0.25, 0.3) is 5.69 Å². The van der Waals surface area contributed by atoms with Crippen molar-refractivity contribution in [3.63, 3.8) is 0 Å². The van der Waals surface area contributed by atoms with E-state index in [1.165, 1.54) is 5.01 Å². The number of para-hydroxylation sites is 2. The van der Waals surface area contributed by atoms with Crippen molar-refractivity contribution in [2.24, 2.45) is 10.8 Å². The smallest absolute Gasteiger partial charge is 0.355 e. The number of primary amides is 1. The van der Waals surface area contributed by atoms with Crippen molar-refractivity contribution < 1.29 is 19.1 Å². The molecule has 4 rings (SSSR count). The van der Waals surface area contributed by atoms with E-state index in [1.54, 1.807) is 35.0 Å². The Morgan fingerprint density at radius 1 is 1.03 bits per heavy atom. The van der Waals surface area contributed by atoms with E-state index in [0.29, 0.717) is 11.5 Å². The Kier molecular flexibility index (Phi) is 6.86. The van der Waals surface area contributed by atoms with Crippen LogP contribution in [0.5, 0.6) is 0 Å². The number of carbonyl (C=O) groups excluding carboxylic acids is 3. The number of benzene rings is 2. The lowest BCUT2D eigenvalue weighted by molar-refractivity contribution is -0.140. The number of esters is 1. The van der Waals surface area contributed by atoms with E-state index in [1.807, 2.05) is 57.2 Å². The van der Waals surface area contributed by atoms with Crippen LogP contribution in [0.2, 0.25) is 0 Å². The summed E-state index contributed by atoms with van der Waals surface area (Å²) in [6.07, 6.45) is -0.0135. The maximum absolute atomic E-state index is 12.7. The predicted octanol–water partition coefficient (Wildman–Crippen LogP) is 2.77. The number of aromatic nitrogens is 2. The Morgan fingerprint density at radius 3 is 2.22 bits per heavy atom. The summed E-state index contributed by atoms with van der Waals surface area (Å²) in [4.78, 5) is 37.2. The second-order valence-corrected chi connectivity index (χ2v) is 9.39. The van der Waals surface area contributed by atoms with E-state index in [9.17, 15) is 14.4 Å². The fourth-order valence-electron chi connectivity index (χ4n) is 3.67. The lowest BCUT2D eigenvalue weighted by Crippen LogP contribution is -2.39. The van der Waals surface area contributed by atoms with E-state index < -0.39 is 30.4 Å². The number of nitrogens with zero attached hydrogens (tertiary/aromatic N) is 4. The van der Waals surface area contributed by atoms with Crippen LogP contribution in [0, 0.1) is 0 Å². The van der Waals surface area contributed by atoms with Gasteiger partial charge in [0, 0.05) is 17.9 Å². The molecule has 0 aliphatic carbocycles. The van der Waals surface area contributed by atoms with Crippen LogP contribution in [0.4, 0.5) is 11.5 Å². The van der Waals surface area contributed by atoms with Crippen molar-refractivity contribution in [1.29, 1.82) is 0 Å². The molecule has 10 heteroatoms. The second-order valence-electron chi connectivity index (χ2n) is 9.39. The Labute approximate surface area is 208 Å². The SMILES string of the molecule is CC(C)(C)c1cc(NC(=O)COC(=O)C2=NN(c3ccccc3)C(C(N)=O)C2)n(-c2ccccc2)n1. The zero-order chi connectivity index (χ0) is 25.9. The minimum atomic E-state index is -0.820. The second kappa shape index (κ2) is 10.0. The molecule has 0 fully saturated rings. The highest BCUT2D eigenvalue weighted by atomic mass is 16.5. The minimum Gasteiger partial charge on any atom is -0.451 e. The summed E-state index contributed by atoms with van der Waals surface area (Å²) in [5, 5.41) is 13.0. The molecule has 2 amide bonds. The Bertz CT molecular complexity index is 1290. The monoisotopic (exact) mass is 488 g/mol. The van der Waals surface area contributed by atoms with Crippen LogP contribution in [0.15, 0.2) is 71.8 Å². The number of carbonyl (C=O) groups is 3. The fraction of sp³-hybridized carbons (Fsp3) is 0.269. The van der Waals surface area contributed by atoms with Crippen molar-refractivity contribution >= 4 is 35.0 Å². The third kappa shape index (κ3) is 5.43. The molecule has 0 saturated carbocycles. The van der Waals surface area contributed by atoms with E-state index in [2.05, 4.69) is 15.5 Å². The molecule has 1 atom stereocenters. The molecule has 1 aliphatic rings. The third-order valence-electron chi connectivity index (χ3n) is 5.58. The van der Waals surface area contributed by atoms with Gasteiger partial charge in [-0.25, -0.2) is 9.48 Å². The molecular weight excluding hydrogens is 460 g/mol. The maximum atomic E-state index is 12.7. The lowest BCUT2D eigenvalue weighted by Gasteiger charge is -2.20. The molecule has 1 unspecified atom stereocenters. The number of amides is 2. The van der Waals surface area contributed by atoms with E-state index in [4.69, 9.17) is 10.5 Å². The number of rotatable bonds is 7. The van der Waals surface area contributed by atoms with E-state index in [0.717, 1.165) is 11.4 Å². The van der Waals surface area contributed by atoms with Gasteiger partial charge in [-0.2, -0.15) is 10.2 Å². The van der Waals surface area contributed by atoms with Gasteiger partial charge in [0.05, 0.1) is 17.1 Å². The lowest BCUT2D eigenvalue weighted by atomic mass is 9.92. The number of hydrogen-bond acceptors (Lipinski definition) is 7. The highest BCUT2D eigenvalue weighted by molar-refractivity contribution is 6.38. The first-order valence-corrected chi connectivity index (χ1v) is 11.5. The Hall–Kier alpha value is -4.47. The van der Waals surface area contributed by atoms with Gasteiger partial charge in [0.2, 0.25) is 5.91 Å². The van der Waals surface area contributed by atoms with Crippen molar-refractivity contribution in [3.8, 4) is 5.69 Å². The zero-order valence-corrected chi connectivity index (χ0v) is 20.3. The molecule has 36 heavy (non-hydrogen) atoms.